The van der Waals surface area contributed by atoms with Gasteiger partial charge < -0.3 is 0 Å². The topological polar surface area (TPSA) is 29.0 Å². The van der Waals surface area contributed by atoms with Gasteiger partial charge in [-0.05, 0) is 37.1 Å². The third kappa shape index (κ3) is 2.82. The fourth-order valence-electron chi connectivity index (χ4n) is 2.77. The highest BCUT2D eigenvalue weighted by molar-refractivity contribution is 5.18. The second-order valence-corrected chi connectivity index (χ2v) is 5.04. The fraction of sp³-hybridized carbons (Fsp3) is 0.333. The molecule has 1 fully saturated rings. The predicted molar refractivity (Wildman–Crippen MR) is 70.8 cm³/mol. The summed E-state index contributed by atoms with van der Waals surface area (Å²) in [4.78, 5) is 10.6. The SMILES string of the molecule is Fc1cc(F)cc(CN2CCCC2c2cnccn2)c1. The van der Waals surface area contributed by atoms with Gasteiger partial charge in [0, 0.05) is 31.2 Å². The summed E-state index contributed by atoms with van der Waals surface area (Å²) in [5.41, 5.74) is 1.57. The van der Waals surface area contributed by atoms with Crippen LogP contribution in [0.5, 0.6) is 0 Å². The van der Waals surface area contributed by atoms with E-state index < -0.39 is 11.6 Å². The lowest BCUT2D eigenvalue weighted by Crippen LogP contribution is -2.23. The molecule has 1 saturated heterocycles. The predicted octanol–water partition coefficient (Wildman–Crippen LogP) is 3.09. The summed E-state index contributed by atoms with van der Waals surface area (Å²) in [5, 5.41) is 0. The molecule has 20 heavy (non-hydrogen) atoms. The van der Waals surface area contributed by atoms with Crippen molar-refractivity contribution in [2.75, 3.05) is 6.54 Å². The van der Waals surface area contributed by atoms with Crippen LogP contribution in [0.4, 0.5) is 8.78 Å². The number of halogens is 2. The molecule has 0 saturated carbocycles. The van der Waals surface area contributed by atoms with Gasteiger partial charge >= 0.3 is 0 Å². The van der Waals surface area contributed by atoms with Crippen molar-refractivity contribution in [2.24, 2.45) is 0 Å². The Balaban J connectivity index is 1.79. The summed E-state index contributed by atoms with van der Waals surface area (Å²) in [6, 6.07) is 3.84. The third-order valence-electron chi connectivity index (χ3n) is 3.60. The highest BCUT2D eigenvalue weighted by Crippen LogP contribution is 2.31. The molecule has 1 unspecified atom stereocenters. The Kier molecular flexibility index (Phi) is 3.69. The first kappa shape index (κ1) is 13.1. The van der Waals surface area contributed by atoms with Gasteiger partial charge in [0.2, 0.25) is 0 Å². The van der Waals surface area contributed by atoms with E-state index in [0.717, 1.165) is 31.1 Å². The molecule has 0 bridgehead atoms. The average Bonchev–Trinajstić information content (AvgIpc) is 2.86. The van der Waals surface area contributed by atoms with Crippen LogP contribution >= 0.6 is 0 Å². The van der Waals surface area contributed by atoms with Crippen molar-refractivity contribution >= 4 is 0 Å². The maximum Gasteiger partial charge on any atom is 0.126 e. The Morgan fingerprint density at radius 1 is 1.15 bits per heavy atom. The van der Waals surface area contributed by atoms with E-state index in [0.29, 0.717) is 12.1 Å². The fourth-order valence-corrected chi connectivity index (χ4v) is 2.77. The van der Waals surface area contributed by atoms with Gasteiger partial charge in [-0.2, -0.15) is 0 Å². The van der Waals surface area contributed by atoms with Crippen LogP contribution in [0.2, 0.25) is 0 Å². The molecule has 3 rings (SSSR count). The molecular formula is C15H15F2N3. The van der Waals surface area contributed by atoms with Crippen molar-refractivity contribution in [3.05, 3.63) is 59.7 Å². The van der Waals surface area contributed by atoms with Gasteiger partial charge in [0.1, 0.15) is 11.6 Å². The molecule has 0 N–H and O–H groups in total. The number of hydrogen-bond donors (Lipinski definition) is 0. The average molecular weight is 275 g/mol. The molecule has 1 aliphatic heterocycles. The standard InChI is InChI=1S/C15H15F2N3/c16-12-6-11(7-13(17)8-12)10-20-5-1-2-15(20)14-9-18-3-4-19-14/h3-4,6-9,15H,1-2,5,10H2. The first-order chi connectivity index (χ1) is 9.72. The van der Waals surface area contributed by atoms with Crippen molar-refractivity contribution in [2.45, 2.75) is 25.4 Å². The van der Waals surface area contributed by atoms with E-state index in [9.17, 15) is 8.78 Å². The van der Waals surface area contributed by atoms with Crippen molar-refractivity contribution in [1.82, 2.24) is 14.9 Å². The van der Waals surface area contributed by atoms with Crippen molar-refractivity contribution in [3.63, 3.8) is 0 Å². The number of hydrogen-bond acceptors (Lipinski definition) is 3. The lowest BCUT2D eigenvalue weighted by molar-refractivity contribution is 0.243. The molecule has 1 aromatic carbocycles. The Labute approximate surface area is 116 Å². The van der Waals surface area contributed by atoms with Crippen molar-refractivity contribution in [3.8, 4) is 0 Å². The summed E-state index contributed by atoms with van der Waals surface area (Å²) >= 11 is 0. The van der Waals surface area contributed by atoms with Crippen LogP contribution < -0.4 is 0 Å². The summed E-state index contributed by atoms with van der Waals surface area (Å²) in [7, 11) is 0. The molecular weight excluding hydrogens is 260 g/mol. The van der Waals surface area contributed by atoms with Crippen molar-refractivity contribution in [1.29, 1.82) is 0 Å². The summed E-state index contributed by atoms with van der Waals surface area (Å²) in [6.45, 7) is 1.43. The number of nitrogens with zero attached hydrogens (tertiary/aromatic N) is 3. The molecule has 1 aliphatic rings. The number of rotatable bonds is 3. The maximum absolute atomic E-state index is 13.2. The van der Waals surface area contributed by atoms with Crippen LogP contribution in [0, 0.1) is 11.6 Å². The molecule has 3 nitrogen and oxygen atoms in total. The summed E-state index contributed by atoms with van der Waals surface area (Å²) in [5.74, 6) is -1.06. The van der Waals surface area contributed by atoms with Gasteiger partial charge in [-0.3, -0.25) is 14.9 Å². The molecule has 1 aromatic heterocycles. The largest absolute Gasteiger partial charge is 0.290 e. The van der Waals surface area contributed by atoms with Crippen LogP contribution in [0.15, 0.2) is 36.8 Å². The van der Waals surface area contributed by atoms with Crippen molar-refractivity contribution < 1.29 is 8.78 Å². The number of aromatic nitrogens is 2. The Bertz CT molecular complexity index is 569. The molecule has 1 atom stereocenters. The van der Waals surface area contributed by atoms with Crippen LogP contribution in [-0.2, 0) is 6.54 Å². The lowest BCUT2D eigenvalue weighted by Gasteiger charge is -2.23. The lowest BCUT2D eigenvalue weighted by atomic mass is 10.1. The van der Waals surface area contributed by atoms with E-state index in [1.54, 1.807) is 18.6 Å². The second kappa shape index (κ2) is 5.63. The summed E-state index contributed by atoms with van der Waals surface area (Å²) < 4.78 is 26.5. The van der Waals surface area contributed by atoms with E-state index in [2.05, 4.69) is 14.9 Å². The number of benzene rings is 1. The van der Waals surface area contributed by atoms with E-state index in [4.69, 9.17) is 0 Å². The zero-order valence-corrected chi connectivity index (χ0v) is 11.0. The summed E-state index contributed by atoms with van der Waals surface area (Å²) in [6.07, 6.45) is 7.13. The first-order valence-corrected chi connectivity index (χ1v) is 6.67. The van der Waals surface area contributed by atoms with Crippen LogP contribution in [0.3, 0.4) is 0 Å². The molecule has 0 amide bonds. The molecule has 0 spiro atoms. The molecule has 2 heterocycles. The Hall–Kier alpha value is -1.88. The third-order valence-corrected chi connectivity index (χ3v) is 3.60. The molecule has 0 radical (unpaired) electrons. The van der Waals surface area contributed by atoms with Gasteiger partial charge in [-0.15, -0.1) is 0 Å². The Morgan fingerprint density at radius 2 is 1.95 bits per heavy atom. The van der Waals surface area contributed by atoms with E-state index in [1.165, 1.54) is 12.1 Å². The molecule has 5 heteroatoms. The zero-order valence-electron chi connectivity index (χ0n) is 11.0. The van der Waals surface area contributed by atoms with Gasteiger partial charge in [-0.25, -0.2) is 8.78 Å². The first-order valence-electron chi connectivity index (χ1n) is 6.67. The van der Waals surface area contributed by atoms with Crippen LogP contribution in [-0.4, -0.2) is 21.4 Å². The van der Waals surface area contributed by atoms with E-state index in [1.807, 2.05) is 0 Å². The smallest absolute Gasteiger partial charge is 0.126 e. The van der Waals surface area contributed by atoms with E-state index in [-0.39, 0.29) is 6.04 Å². The quantitative estimate of drug-likeness (QED) is 0.862. The molecule has 2 aromatic rings. The normalized spacial score (nSPS) is 19.4. The van der Waals surface area contributed by atoms with Gasteiger partial charge in [-0.1, -0.05) is 0 Å². The van der Waals surface area contributed by atoms with Crippen LogP contribution in [0.1, 0.15) is 30.1 Å². The minimum absolute atomic E-state index is 0.176. The molecule has 0 aliphatic carbocycles. The monoisotopic (exact) mass is 275 g/mol. The van der Waals surface area contributed by atoms with Crippen LogP contribution in [0.25, 0.3) is 0 Å². The van der Waals surface area contributed by atoms with Gasteiger partial charge in [0.05, 0.1) is 11.7 Å². The highest BCUT2D eigenvalue weighted by Gasteiger charge is 2.27. The number of likely N-dealkylation sites (tertiary alicyclic amines) is 1. The Morgan fingerprint density at radius 3 is 2.65 bits per heavy atom. The minimum Gasteiger partial charge on any atom is -0.290 e. The van der Waals surface area contributed by atoms with E-state index >= 15 is 0 Å². The van der Waals surface area contributed by atoms with Gasteiger partial charge in [0.15, 0.2) is 0 Å². The zero-order chi connectivity index (χ0) is 13.9. The maximum atomic E-state index is 13.2. The minimum atomic E-state index is -0.532. The highest BCUT2D eigenvalue weighted by atomic mass is 19.1. The molecule has 104 valence electrons. The van der Waals surface area contributed by atoms with Gasteiger partial charge in [0.25, 0.3) is 0 Å². The second-order valence-electron chi connectivity index (χ2n) is 5.04.